The molecule has 3 heteroatoms. The SMILES string of the molecule is CC1CC(C)CC(OC(=O)Cc2ccccc2N)C1. The summed E-state index contributed by atoms with van der Waals surface area (Å²) in [5.74, 6) is 1.12. The van der Waals surface area contributed by atoms with E-state index in [2.05, 4.69) is 13.8 Å². The first-order valence-corrected chi connectivity index (χ1v) is 7.07. The molecule has 0 saturated heterocycles. The van der Waals surface area contributed by atoms with Crippen molar-refractivity contribution >= 4 is 11.7 Å². The summed E-state index contributed by atoms with van der Waals surface area (Å²) in [6, 6.07) is 7.45. The molecular weight excluding hydrogens is 238 g/mol. The molecule has 0 aromatic heterocycles. The number of nitrogen functional groups attached to an aromatic ring is 1. The highest BCUT2D eigenvalue weighted by atomic mass is 16.5. The van der Waals surface area contributed by atoms with Crippen LogP contribution < -0.4 is 5.73 Å². The molecule has 2 unspecified atom stereocenters. The van der Waals surface area contributed by atoms with Gasteiger partial charge in [0.25, 0.3) is 0 Å². The number of anilines is 1. The molecule has 2 N–H and O–H groups in total. The van der Waals surface area contributed by atoms with E-state index in [0.717, 1.165) is 18.4 Å². The van der Waals surface area contributed by atoms with Crippen molar-refractivity contribution in [3.8, 4) is 0 Å². The fourth-order valence-electron chi connectivity index (χ4n) is 3.05. The number of esters is 1. The van der Waals surface area contributed by atoms with Crippen molar-refractivity contribution in [2.45, 2.75) is 45.6 Å². The van der Waals surface area contributed by atoms with Crippen molar-refractivity contribution in [1.82, 2.24) is 0 Å². The smallest absolute Gasteiger partial charge is 0.310 e. The average Bonchev–Trinajstić information content (AvgIpc) is 2.30. The Labute approximate surface area is 115 Å². The molecule has 1 saturated carbocycles. The molecule has 1 fully saturated rings. The third-order valence-corrected chi connectivity index (χ3v) is 3.82. The van der Waals surface area contributed by atoms with Crippen LogP contribution >= 0.6 is 0 Å². The van der Waals surface area contributed by atoms with E-state index >= 15 is 0 Å². The zero-order chi connectivity index (χ0) is 13.8. The summed E-state index contributed by atoms with van der Waals surface area (Å²) in [6.45, 7) is 4.46. The van der Waals surface area contributed by atoms with Crippen LogP contribution in [0, 0.1) is 11.8 Å². The van der Waals surface area contributed by atoms with Gasteiger partial charge in [0.05, 0.1) is 6.42 Å². The quantitative estimate of drug-likeness (QED) is 0.671. The molecule has 104 valence electrons. The lowest BCUT2D eigenvalue weighted by Gasteiger charge is -2.31. The lowest BCUT2D eigenvalue weighted by atomic mass is 9.82. The summed E-state index contributed by atoms with van der Waals surface area (Å²) in [5.41, 5.74) is 7.35. The lowest BCUT2D eigenvalue weighted by molar-refractivity contribution is -0.151. The highest BCUT2D eigenvalue weighted by Gasteiger charge is 2.26. The number of benzene rings is 1. The van der Waals surface area contributed by atoms with Crippen LogP contribution in [-0.4, -0.2) is 12.1 Å². The first-order chi connectivity index (χ1) is 9.04. The molecule has 2 rings (SSSR count). The van der Waals surface area contributed by atoms with Gasteiger partial charge in [-0.15, -0.1) is 0 Å². The molecule has 2 atom stereocenters. The van der Waals surface area contributed by atoms with Crippen molar-refractivity contribution in [3.05, 3.63) is 29.8 Å². The van der Waals surface area contributed by atoms with Gasteiger partial charge < -0.3 is 10.5 Å². The molecule has 1 aromatic rings. The normalized spacial score (nSPS) is 26.9. The number of rotatable bonds is 3. The molecule has 0 bridgehead atoms. The summed E-state index contributed by atoms with van der Waals surface area (Å²) in [5, 5.41) is 0. The average molecular weight is 261 g/mol. The number of hydrogen-bond donors (Lipinski definition) is 1. The number of hydrogen-bond acceptors (Lipinski definition) is 3. The van der Waals surface area contributed by atoms with E-state index in [1.807, 2.05) is 24.3 Å². The number of nitrogens with two attached hydrogens (primary N) is 1. The van der Waals surface area contributed by atoms with E-state index in [9.17, 15) is 4.79 Å². The van der Waals surface area contributed by atoms with Crippen molar-refractivity contribution in [2.24, 2.45) is 11.8 Å². The van der Waals surface area contributed by atoms with E-state index in [-0.39, 0.29) is 18.5 Å². The summed E-state index contributed by atoms with van der Waals surface area (Å²) in [7, 11) is 0. The standard InChI is InChI=1S/C16H23NO2/c1-11-7-12(2)9-14(8-11)19-16(18)10-13-5-3-4-6-15(13)17/h3-6,11-12,14H,7-10,17H2,1-2H3. The molecule has 0 amide bonds. The van der Waals surface area contributed by atoms with Gasteiger partial charge in [-0.25, -0.2) is 0 Å². The van der Waals surface area contributed by atoms with E-state index in [1.54, 1.807) is 0 Å². The van der Waals surface area contributed by atoms with Gasteiger partial charge in [-0.05, 0) is 42.7 Å². The first-order valence-electron chi connectivity index (χ1n) is 7.07. The third kappa shape index (κ3) is 3.98. The number of carbonyl (C=O) groups is 1. The Morgan fingerprint density at radius 1 is 1.21 bits per heavy atom. The Kier molecular flexibility index (Phi) is 4.46. The van der Waals surface area contributed by atoms with Gasteiger partial charge in [0.15, 0.2) is 0 Å². The van der Waals surface area contributed by atoms with Gasteiger partial charge in [-0.3, -0.25) is 4.79 Å². The minimum Gasteiger partial charge on any atom is -0.462 e. The fraction of sp³-hybridized carbons (Fsp3) is 0.562. The fourth-order valence-corrected chi connectivity index (χ4v) is 3.05. The van der Waals surface area contributed by atoms with Gasteiger partial charge in [-0.2, -0.15) is 0 Å². The minimum absolute atomic E-state index is 0.0798. The van der Waals surface area contributed by atoms with Crippen LogP contribution in [-0.2, 0) is 16.0 Å². The van der Waals surface area contributed by atoms with E-state index in [0.29, 0.717) is 17.5 Å². The molecule has 1 aromatic carbocycles. The zero-order valence-corrected chi connectivity index (χ0v) is 11.8. The Bertz CT molecular complexity index is 434. The third-order valence-electron chi connectivity index (χ3n) is 3.82. The summed E-state index contributed by atoms with van der Waals surface area (Å²) < 4.78 is 5.60. The van der Waals surface area contributed by atoms with E-state index < -0.39 is 0 Å². The van der Waals surface area contributed by atoms with E-state index in [1.165, 1.54) is 6.42 Å². The van der Waals surface area contributed by atoms with E-state index in [4.69, 9.17) is 10.5 Å². The lowest BCUT2D eigenvalue weighted by Crippen LogP contribution is -2.29. The van der Waals surface area contributed by atoms with Crippen molar-refractivity contribution in [3.63, 3.8) is 0 Å². The second kappa shape index (κ2) is 6.09. The van der Waals surface area contributed by atoms with Crippen LogP contribution in [0.4, 0.5) is 5.69 Å². The monoisotopic (exact) mass is 261 g/mol. The Morgan fingerprint density at radius 3 is 2.47 bits per heavy atom. The van der Waals surface area contributed by atoms with Crippen LogP contribution in [0.15, 0.2) is 24.3 Å². The highest BCUT2D eigenvalue weighted by molar-refractivity contribution is 5.75. The summed E-state index contributed by atoms with van der Waals surface area (Å²) >= 11 is 0. The maximum absolute atomic E-state index is 12.0. The summed E-state index contributed by atoms with van der Waals surface area (Å²) in [4.78, 5) is 12.0. The zero-order valence-electron chi connectivity index (χ0n) is 11.8. The molecule has 0 heterocycles. The highest BCUT2D eigenvalue weighted by Crippen LogP contribution is 2.30. The second-order valence-corrected chi connectivity index (χ2v) is 5.90. The van der Waals surface area contributed by atoms with Crippen LogP contribution in [0.3, 0.4) is 0 Å². The van der Waals surface area contributed by atoms with Crippen LogP contribution in [0.25, 0.3) is 0 Å². The number of para-hydroxylation sites is 1. The number of carbonyl (C=O) groups excluding carboxylic acids is 1. The Hall–Kier alpha value is -1.51. The molecule has 0 radical (unpaired) electrons. The maximum atomic E-state index is 12.0. The predicted molar refractivity (Wildman–Crippen MR) is 76.6 cm³/mol. The Morgan fingerprint density at radius 2 is 1.84 bits per heavy atom. The molecular formula is C16H23NO2. The second-order valence-electron chi connectivity index (χ2n) is 5.90. The van der Waals surface area contributed by atoms with Crippen LogP contribution in [0.1, 0.15) is 38.7 Å². The minimum atomic E-state index is -0.163. The summed E-state index contributed by atoms with van der Waals surface area (Å²) in [6.07, 6.45) is 3.56. The van der Waals surface area contributed by atoms with Crippen molar-refractivity contribution in [1.29, 1.82) is 0 Å². The van der Waals surface area contributed by atoms with Gasteiger partial charge in [-0.1, -0.05) is 32.0 Å². The molecule has 0 aliphatic heterocycles. The van der Waals surface area contributed by atoms with Crippen molar-refractivity contribution < 1.29 is 9.53 Å². The van der Waals surface area contributed by atoms with Crippen LogP contribution in [0.2, 0.25) is 0 Å². The Balaban J connectivity index is 1.89. The van der Waals surface area contributed by atoms with Gasteiger partial charge in [0.2, 0.25) is 0 Å². The molecule has 1 aliphatic rings. The molecule has 19 heavy (non-hydrogen) atoms. The molecule has 0 spiro atoms. The van der Waals surface area contributed by atoms with Gasteiger partial charge in [0, 0.05) is 5.69 Å². The first kappa shape index (κ1) is 13.9. The van der Waals surface area contributed by atoms with Gasteiger partial charge >= 0.3 is 5.97 Å². The van der Waals surface area contributed by atoms with Crippen LogP contribution in [0.5, 0.6) is 0 Å². The topological polar surface area (TPSA) is 52.3 Å². The number of ether oxygens (including phenoxy) is 1. The van der Waals surface area contributed by atoms with Crippen molar-refractivity contribution in [2.75, 3.05) is 5.73 Å². The largest absolute Gasteiger partial charge is 0.462 e. The molecule has 1 aliphatic carbocycles. The molecule has 3 nitrogen and oxygen atoms in total. The van der Waals surface area contributed by atoms with Gasteiger partial charge in [0.1, 0.15) is 6.10 Å². The maximum Gasteiger partial charge on any atom is 0.310 e. The predicted octanol–water partition coefficient (Wildman–Crippen LogP) is 3.18.